The summed E-state index contributed by atoms with van der Waals surface area (Å²) in [6.07, 6.45) is 7.05. The highest BCUT2D eigenvalue weighted by Gasteiger charge is 2.04. The minimum absolute atomic E-state index is 0.0198. The molecular formula is C13H18FI. The Labute approximate surface area is 105 Å². The van der Waals surface area contributed by atoms with Gasteiger partial charge in [-0.2, -0.15) is 0 Å². The van der Waals surface area contributed by atoms with E-state index in [2.05, 4.69) is 6.92 Å². The van der Waals surface area contributed by atoms with Crippen molar-refractivity contribution in [1.29, 1.82) is 0 Å². The van der Waals surface area contributed by atoms with E-state index in [1.165, 1.54) is 25.7 Å². The molecule has 0 aliphatic heterocycles. The van der Waals surface area contributed by atoms with Crippen LogP contribution in [0.2, 0.25) is 0 Å². The lowest BCUT2D eigenvalue weighted by atomic mass is 10.1. The van der Waals surface area contributed by atoms with Crippen molar-refractivity contribution in [3.05, 3.63) is 33.1 Å². The van der Waals surface area contributed by atoms with E-state index in [4.69, 9.17) is 0 Å². The van der Waals surface area contributed by atoms with Crippen LogP contribution in [0.15, 0.2) is 18.2 Å². The number of unbranched alkanes of at least 4 members (excludes halogenated alkanes) is 4. The maximum Gasteiger partial charge on any atom is 0.139 e. The maximum atomic E-state index is 13.6. The van der Waals surface area contributed by atoms with Gasteiger partial charge < -0.3 is 0 Å². The second-order valence-corrected chi connectivity index (χ2v) is 5.04. The first-order valence-electron chi connectivity index (χ1n) is 5.68. The third-order valence-corrected chi connectivity index (χ3v) is 3.41. The van der Waals surface area contributed by atoms with E-state index in [-0.39, 0.29) is 5.82 Å². The fourth-order valence-corrected chi connectivity index (χ4v) is 2.21. The number of halogens is 2. The van der Waals surface area contributed by atoms with E-state index >= 15 is 0 Å². The quantitative estimate of drug-likeness (QED) is 0.514. The van der Waals surface area contributed by atoms with E-state index in [0.29, 0.717) is 0 Å². The lowest BCUT2D eigenvalue weighted by Crippen LogP contribution is -1.93. The minimum atomic E-state index is -0.0198. The molecule has 0 N–H and O–H groups in total. The van der Waals surface area contributed by atoms with Gasteiger partial charge >= 0.3 is 0 Å². The van der Waals surface area contributed by atoms with E-state index in [9.17, 15) is 4.39 Å². The molecule has 84 valence electrons. The Morgan fingerprint density at radius 2 is 1.87 bits per heavy atom. The summed E-state index contributed by atoms with van der Waals surface area (Å²) in [7, 11) is 0. The van der Waals surface area contributed by atoms with Crippen LogP contribution in [0.5, 0.6) is 0 Å². The molecule has 0 aromatic heterocycles. The SMILES string of the molecule is CCCCCCCc1cccc(I)c1F. The highest BCUT2D eigenvalue weighted by molar-refractivity contribution is 14.1. The summed E-state index contributed by atoms with van der Waals surface area (Å²) >= 11 is 2.05. The van der Waals surface area contributed by atoms with E-state index in [1.807, 2.05) is 40.8 Å². The standard InChI is InChI=1S/C13H18FI/c1-2-3-4-5-6-8-11-9-7-10-12(15)13(11)14/h7,9-10H,2-6,8H2,1H3. The Hall–Kier alpha value is -0.120. The van der Waals surface area contributed by atoms with E-state index in [0.717, 1.165) is 22.0 Å². The molecule has 0 radical (unpaired) electrons. The first-order valence-corrected chi connectivity index (χ1v) is 6.76. The highest BCUT2D eigenvalue weighted by atomic mass is 127. The molecule has 2 heteroatoms. The van der Waals surface area contributed by atoms with Crippen molar-refractivity contribution in [2.75, 3.05) is 0 Å². The van der Waals surface area contributed by atoms with E-state index in [1.54, 1.807) is 0 Å². The summed E-state index contributed by atoms with van der Waals surface area (Å²) in [4.78, 5) is 0. The van der Waals surface area contributed by atoms with Crippen LogP contribution in [0.1, 0.15) is 44.6 Å². The number of hydrogen-bond donors (Lipinski definition) is 0. The van der Waals surface area contributed by atoms with Gasteiger partial charge in [-0.1, -0.05) is 44.7 Å². The molecule has 0 saturated carbocycles. The van der Waals surface area contributed by atoms with Crippen LogP contribution in [0.4, 0.5) is 4.39 Å². The molecule has 0 atom stereocenters. The van der Waals surface area contributed by atoms with Gasteiger partial charge in [0.05, 0.1) is 0 Å². The van der Waals surface area contributed by atoms with Crippen LogP contribution in [0.25, 0.3) is 0 Å². The summed E-state index contributed by atoms with van der Waals surface area (Å²) in [6.45, 7) is 2.21. The van der Waals surface area contributed by atoms with Crippen molar-refractivity contribution in [2.45, 2.75) is 45.4 Å². The normalized spacial score (nSPS) is 10.6. The van der Waals surface area contributed by atoms with Crippen molar-refractivity contribution in [3.8, 4) is 0 Å². The molecule has 0 aliphatic rings. The zero-order valence-corrected chi connectivity index (χ0v) is 11.4. The Morgan fingerprint density at radius 1 is 1.13 bits per heavy atom. The average molecular weight is 320 g/mol. The first-order chi connectivity index (χ1) is 7.25. The summed E-state index contributed by atoms with van der Waals surface area (Å²) in [6, 6.07) is 5.65. The Bertz CT molecular complexity index is 297. The number of rotatable bonds is 6. The molecule has 1 aromatic carbocycles. The van der Waals surface area contributed by atoms with Gasteiger partial charge in [0.25, 0.3) is 0 Å². The summed E-state index contributed by atoms with van der Waals surface area (Å²) in [5.41, 5.74) is 0.874. The van der Waals surface area contributed by atoms with Gasteiger partial charge in [-0.15, -0.1) is 0 Å². The van der Waals surface area contributed by atoms with Crippen LogP contribution in [-0.4, -0.2) is 0 Å². The molecule has 1 rings (SSSR count). The third-order valence-electron chi connectivity index (χ3n) is 2.58. The van der Waals surface area contributed by atoms with Crippen molar-refractivity contribution < 1.29 is 4.39 Å². The molecule has 0 bridgehead atoms. The van der Waals surface area contributed by atoms with Crippen LogP contribution < -0.4 is 0 Å². The summed E-state index contributed by atoms with van der Waals surface area (Å²) in [5, 5.41) is 0. The molecule has 0 fully saturated rings. The molecular weight excluding hydrogens is 302 g/mol. The molecule has 0 nitrogen and oxygen atoms in total. The van der Waals surface area contributed by atoms with Crippen molar-refractivity contribution in [2.24, 2.45) is 0 Å². The lowest BCUT2D eigenvalue weighted by molar-refractivity contribution is 0.582. The number of benzene rings is 1. The van der Waals surface area contributed by atoms with E-state index < -0.39 is 0 Å². The van der Waals surface area contributed by atoms with Gasteiger partial charge in [0, 0.05) is 3.57 Å². The Kier molecular flexibility index (Phi) is 6.22. The molecule has 0 spiro atoms. The Balaban J connectivity index is 2.34. The fraction of sp³-hybridized carbons (Fsp3) is 0.538. The van der Waals surface area contributed by atoms with Crippen LogP contribution in [0, 0.1) is 9.39 Å². The largest absolute Gasteiger partial charge is 0.206 e. The maximum absolute atomic E-state index is 13.6. The number of aryl methyl sites for hydroxylation is 1. The van der Waals surface area contributed by atoms with Gasteiger partial charge in [-0.05, 0) is 47.1 Å². The average Bonchev–Trinajstić information content (AvgIpc) is 2.24. The third kappa shape index (κ3) is 4.49. The first kappa shape index (κ1) is 12.9. The smallest absolute Gasteiger partial charge is 0.139 e. The van der Waals surface area contributed by atoms with Gasteiger partial charge in [0.1, 0.15) is 5.82 Å². The zero-order valence-electron chi connectivity index (χ0n) is 9.23. The predicted molar refractivity (Wildman–Crippen MR) is 71.6 cm³/mol. The monoisotopic (exact) mass is 320 g/mol. The highest BCUT2D eigenvalue weighted by Crippen LogP contribution is 2.17. The predicted octanol–water partition coefficient (Wildman–Crippen LogP) is 4.94. The molecule has 15 heavy (non-hydrogen) atoms. The minimum Gasteiger partial charge on any atom is -0.206 e. The molecule has 0 amide bonds. The second-order valence-electron chi connectivity index (χ2n) is 3.88. The number of hydrogen-bond acceptors (Lipinski definition) is 0. The van der Waals surface area contributed by atoms with Gasteiger partial charge in [-0.25, -0.2) is 4.39 Å². The Morgan fingerprint density at radius 3 is 2.60 bits per heavy atom. The van der Waals surface area contributed by atoms with Crippen molar-refractivity contribution in [3.63, 3.8) is 0 Å². The molecule has 0 aliphatic carbocycles. The van der Waals surface area contributed by atoms with Gasteiger partial charge in [0.2, 0.25) is 0 Å². The molecule has 0 heterocycles. The molecule has 0 saturated heterocycles. The van der Waals surface area contributed by atoms with Crippen molar-refractivity contribution in [1.82, 2.24) is 0 Å². The topological polar surface area (TPSA) is 0 Å². The van der Waals surface area contributed by atoms with Crippen molar-refractivity contribution >= 4 is 22.6 Å². The van der Waals surface area contributed by atoms with Crippen LogP contribution >= 0.6 is 22.6 Å². The summed E-state index contributed by atoms with van der Waals surface area (Å²) < 4.78 is 14.3. The van der Waals surface area contributed by atoms with Gasteiger partial charge in [0.15, 0.2) is 0 Å². The molecule has 0 unspecified atom stereocenters. The fourth-order valence-electron chi connectivity index (χ4n) is 1.66. The van der Waals surface area contributed by atoms with Gasteiger partial charge in [-0.3, -0.25) is 0 Å². The van der Waals surface area contributed by atoms with Crippen LogP contribution in [0.3, 0.4) is 0 Å². The summed E-state index contributed by atoms with van der Waals surface area (Å²) in [5.74, 6) is -0.0198. The second kappa shape index (κ2) is 7.20. The molecule has 1 aromatic rings. The zero-order chi connectivity index (χ0) is 11.1. The lowest BCUT2D eigenvalue weighted by Gasteiger charge is -2.04. The van der Waals surface area contributed by atoms with Crippen LogP contribution in [-0.2, 0) is 6.42 Å².